The first kappa shape index (κ1) is 20.5. The molecule has 0 amide bonds. The summed E-state index contributed by atoms with van der Waals surface area (Å²) in [4.78, 5) is 16.0. The lowest BCUT2D eigenvalue weighted by molar-refractivity contribution is -0.135. The number of hydrogen-bond donors (Lipinski definition) is 1. The number of nitrogens with zero attached hydrogens (tertiary/aromatic N) is 1. The molecule has 0 saturated heterocycles. The molecule has 6 nitrogen and oxygen atoms in total. The van der Waals surface area contributed by atoms with Crippen molar-refractivity contribution in [1.82, 2.24) is 4.98 Å². The standard InChI is InChI=1S/C25H21NO5/c1-29-25(30-16-17-8-4-2-5-9-17)22-21-13-12-20(31-19-10-6-3-7-11-19)14-18(21)15-26-23(22)24(27)28/h2-15,25H,16H2,1H3,(H,27,28). The van der Waals surface area contributed by atoms with Crippen LogP contribution in [-0.2, 0) is 16.1 Å². The largest absolute Gasteiger partial charge is 0.476 e. The maximum absolute atomic E-state index is 11.9. The number of rotatable bonds is 8. The Morgan fingerprint density at radius 3 is 2.35 bits per heavy atom. The first-order chi connectivity index (χ1) is 15.2. The van der Waals surface area contributed by atoms with E-state index in [2.05, 4.69) is 4.98 Å². The van der Waals surface area contributed by atoms with Gasteiger partial charge in [-0.3, -0.25) is 0 Å². The molecule has 1 aromatic heterocycles. The molecule has 156 valence electrons. The van der Waals surface area contributed by atoms with Crippen LogP contribution in [-0.4, -0.2) is 23.2 Å². The number of pyridine rings is 1. The first-order valence-electron chi connectivity index (χ1n) is 9.73. The lowest BCUT2D eigenvalue weighted by Crippen LogP contribution is -2.14. The van der Waals surface area contributed by atoms with Gasteiger partial charge in [0, 0.05) is 24.3 Å². The minimum absolute atomic E-state index is 0.107. The van der Waals surface area contributed by atoms with Crippen LogP contribution in [0.15, 0.2) is 85.1 Å². The van der Waals surface area contributed by atoms with Crippen molar-refractivity contribution >= 4 is 16.7 Å². The monoisotopic (exact) mass is 415 g/mol. The zero-order valence-electron chi connectivity index (χ0n) is 16.9. The Morgan fingerprint density at radius 2 is 1.68 bits per heavy atom. The van der Waals surface area contributed by atoms with Crippen molar-refractivity contribution in [2.45, 2.75) is 12.9 Å². The third kappa shape index (κ3) is 4.71. The smallest absolute Gasteiger partial charge is 0.354 e. The zero-order chi connectivity index (χ0) is 21.6. The number of para-hydroxylation sites is 1. The molecule has 0 spiro atoms. The Labute approximate surface area is 179 Å². The molecule has 0 aliphatic rings. The number of aromatic nitrogens is 1. The zero-order valence-corrected chi connectivity index (χ0v) is 16.9. The van der Waals surface area contributed by atoms with Gasteiger partial charge in [0.15, 0.2) is 12.0 Å². The van der Waals surface area contributed by atoms with Gasteiger partial charge in [-0.15, -0.1) is 0 Å². The van der Waals surface area contributed by atoms with Crippen LogP contribution in [0.25, 0.3) is 10.8 Å². The number of methoxy groups -OCH3 is 1. The molecule has 0 aliphatic heterocycles. The quantitative estimate of drug-likeness (QED) is 0.378. The second kappa shape index (κ2) is 9.38. The lowest BCUT2D eigenvalue weighted by atomic mass is 10.0. The second-order valence-electron chi connectivity index (χ2n) is 6.85. The van der Waals surface area contributed by atoms with Gasteiger partial charge in [0.05, 0.1) is 6.61 Å². The average molecular weight is 415 g/mol. The summed E-state index contributed by atoms with van der Waals surface area (Å²) in [5.41, 5.74) is 1.21. The van der Waals surface area contributed by atoms with E-state index in [1.807, 2.05) is 66.7 Å². The molecule has 4 aromatic rings. The topological polar surface area (TPSA) is 77.9 Å². The average Bonchev–Trinajstić information content (AvgIpc) is 2.80. The molecule has 1 heterocycles. The Kier molecular flexibility index (Phi) is 6.21. The van der Waals surface area contributed by atoms with Crippen LogP contribution in [0.2, 0.25) is 0 Å². The highest BCUT2D eigenvalue weighted by atomic mass is 16.7. The van der Waals surface area contributed by atoms with Crippen LogP contribution in [0, 0.1) is 0 Å². The molecule has 6 heteroatoms. The normalized spacial score (nSPS) is 11.9. The highest BCUT2D eigenvalue weighted by Gasteiger charge is 2.24. The highest BCUT2D eigenvalue weighted by molar-refractivity contribution is 5.96. The molecule has 0 fully saturated rings. The minimum atomic E-state index is -1.15. The predicted octanol–water partition coefficient (Wildman–Crippen LogP) is 5.59. The van der Waals surface area contributed by atoms with Crippen molar-refractivity contribution in [2.75, 3.05) is 7.11 Å². The van der Waals surface area contributed by atoms with Crippen LogP contribution in [0.3, 0.4) is 0 Å². The number of ether oxygens (including phenoxy) is 3. The summed E-state index contributed by atoms with van der Waals surface area (Å²) in [7, 11) is 1.48. The van der Waals surface area contributed by atoms with Crippen LogP contribution in [0.4, 0.5) is 0 Å². The summed E-state index contributed by atoms with van der Waals surface area (Å²) in [5, 5.41) is 11.1. The van der Waals surface area contributed by atoms with Crippen LogP contribution >= 0.6 is 0 Å². The van der Waals surface area contributed by atoms with Gasteiger partial charge in [0.2, 0.25) is 0 Å². The van der Waals surface area contributed by atoms with E-state index in [0.29, 0.717) is 22.4 Å². The Balaban J connectivity index is 1.70. The van der Waals surface area contributed by atoms with Crippen molar-refractivity contribution in [3.05, 3.63) is 102 Å². The van der Waals surface area contributed by atoms with E-state index in [9.17, 15) is 9.90 Å². The molecule has 3 aromatic carbocycles. The summed E-state index contributed by atoms with van der Waals surface area (Å²) < 4.78 is 17.3. The number of aromatic carboxylic acids is 1. The Morgan fingerprint density at radius 1 is 0.968 bits per heavy atom. The molecule has 0 saturated carbocycles. The number of fused-ring (bicyclic) bond motifs is 1. The van der Waals surface area contributed by atoms with Crippen molar-refractivity contribution < 1.29 is 24.1 Å². The van der Waals surface area contributed by atoms with Crippen LogP contribution in [0.5, 0.6) is 11.5 Å². The van der Waals surface area contributed by atoms with Crippen molar-refractivity contribution in [3.8, 4) is 11.5 Å². The van der Waals surface area contributed by atoms with Gasteiger partial charge in [0.25, 0.3) is 0 Å². The maximum atomic E-state index is 11.9. The van der Waals surface area contributed by atoms with E-state index in [1.54, 1.807) is 12.1 Å². The van der Waals surface area contributed by atoms with E-state index in [1.165, 1.54) is 13.3 Å². The predicted molar refractivity (Wildman–Crippen MR) is 116 cm³/mol. The van der Waals surface area contributed by atoms with Crippen LogP contribution < -0.4 is 4.74 Å². The van der Waals surface area contributed by atoms with E-state index >= 15 is 0 Å². The van der Waals surface area contributed by atoms with Gasteiger partial charge < -0.3 is 19.3 Å². The summed E-state index contributed by atoms with van der Waals surface area (Å²) in [6, 6.07) is 24.4. The summed E-state index contributed by atoms with van der Waals surface area (Å²) in [6.07, 6.45) is 0.618. The molecule has 0 aliphatic carbocycles. The van der Waals surface area contributed by atoms with Gasteiger partial charge in [-0.05, 0) is 35.2 Å². The fraction of sp³-hybridized carbons (Fsp3) is 0.120. The fourth-order valence-electron chi connectivity index (χ4n) is 3.34. The van der Waals surface area contributed by atoms with Gasteiger partial charge in [-0.25, -0.2) is 9.78 Å². The molecule has 1 unspecified atom stereocenters. The van der Waals surface area contributed by atoms with E-state index in [-0.39, 0.29) is 12.3 Å². The summed E-state index contributed by atoms with van der Waals surface area (Å²) in [5.74, 6) is 0.179. The maximum Gasteiger partial charge on any atom is 0.354 e. The molecule has 1 atom stereocenters. The molecular weight excluding hydrogens is 394 g/mol. The molecular formula is C25H21NO5. The SMILES string of the molecule is COC(OCc1ccccc1)c1c(C(=O)O)ncc2cc(Oc3ccccc3)ccc12. The third-order valence-corrected chi connectivity index (χ3v) is 4.78. The number of benzene rings is 3. The molecule has 1 N–H and O–H groups in total. The van der Waals surface area contributed by atoms with Crippen molar-refractivity contribution in [1.29, 1.82) is 0 Å². The fourth-order valence-corrected chi connectivity index (χ4v) is 3.34. The third-order valence-electron chi connectivity index (χ3n) is 4.78. The highest BCUT2D eigenvalue weighted by Crippen LogP contribution is 2.33. The molecule has 0 bridgehead atoms. The van der Waals surface area contributed by atoms with Crippen molar-refractivity contribution in [3.63, 3.8) is 0 Å². The number of hydrogen-bond acceptors (Lipinski definition) is 5. The van der Waals surface area contributed by atoms with E-state index in [0.717, 1.165) is 10.9 Å². The van der Waals surface area contributed by atoms with E-state index in [4.69, 9.17) is 14.2 Å². The number of carboxylic acids is 1. The first-order valence-corrected chi connectivity index (χ1v) is 9.73. The van der Waals surface area contributed by atoms with Gasteiger partial charge in [0.1, 0.15) is 11.5 Å². The van der Waals surface area contributed by atoms with Gasteiger partial charge in [-0.2, -0.15) is 0 Å². The second-order valence-corrected chi connectivity index (χ2v) is 6.85. The van der Waals surface area contributed by atoms with Crippen molar-refractivity contribution in [2.24, 2.45) is 0 Å². The lowest BCUT2D eigenvalue weighted by Gasteiger charge is -2.20. The number of carbonyl (C=O) groups is 1. The minimum Gasteiger partial charge on any atom is -0.476 e. The van der Waals surface area contributed by atoms with E-state index < -0.39 is 12.3 Å². The molecule has 0 radical (unpaired) electrons. The number of carboxylic acid groups (broad SMARTS) is 1. The van der Waals surface area contributed by atoms with Crippen LogP contribution in [0.1, 0.15) is 27.9 Å². The Hall–Kier alpha value is -3.74. The summed E-state index contributed by atoms with van der Waals surface area (Å²) >= 11 is 0. The molecule has 4 rings (SSSR count). The van der Waals surface area contributed by atoms with Gasteiger partial charge >= 0.3 is 5.97 Å². The van der Waals surface area contributed by atoms with Gasteiger partial charge in [-0.1, -0.05) is 54.6 Å². The Bertz CT molecular complexity index is 1180. The molecule has 31 heavy (non-hydrogen) atoms. The summed E-state index contributed by atoms with van der Waals surface area (Å²) in [6.45, 7) is 0.268.